The Morgan fingerprint density at radius 3 is 2.29 bits per heavy atom. The van der Waals surface area contributed by atoms with Crippen LogP contribution < -0.4 is 4.90 Å². The molecule has 5 nitrogen and oxygen atoms in total. The minimum absolute atomic E-state index is 0.219. The van der Waals surface area contributed by atoms with Gasteiger partial charge in [0.25, 0.3) is 0 Å². The van der Waals surface area contributed by atoms with Crippen molar-refractivity contribution >= 4 is 22.9 Å². The van der Waals surface area contributed by atoms with Crippen LogP contribution in [-0.2, 0) is 18.4 Å². The monoisotopic (exact) mass is 450 g/mol. The molecule has 0 bridgehead atoms. The molecular weight excluding hydrogens is 420 g/mol. The van der Waals surface area contributed by atoms with Gasteiger partial charge in [-0.3, -0.25) is 4.79 Å². The van der Waals surface area contributed by atoms with Crippen LogP contribution in [0.1, 0.15) is 24.8 Å². The predicted octanol–water partition coefficient (Wildman–Crippen LogP) is 5.26. The molecule has 6 rings (SSSR count). The molecule has 3 heterocycles. The van der Waals surface area contributed by atoms with Gasteiger partial charge in [0.2, 0.25) is 11.9 Å². The summed E-state index contributed by atoms with van der Waals surface area (Å²) in [5.41, 5.74) is 5.60. The van der Waals surface area contributed by atoms with E-state index in [1.807, 2.05) is 12.1 Å². The van der Waals surface area contributed by atoms with Crippen LogP contribution in [0.5, 0.6) is 0 Å². The number of aromatic nitrogens is 2. The van der Waals surface area contributed by atoms with E-state index in [-0.39, 0.29) is 5.41 Å². The van der Waals surface area contributed by atoms with Gasteiger partial charge in [0.1, 0.15) is 0 Å². The Labute approximate surface area is 200 Å². The number of hydrogen-bond acceptors (Lipinski definition) is 3. The number of piperidine rings is 1. The number of amides is 1. The van der Waals surface area contributed by atoms with Gasteiger partial charge in [-0.05, 0) is 48.1 Å². The third-order valence-electron chi connectivity index (χ3n) is 7.83. The Morgan fingerprint density at radius 1 is 0.824 bits per heavy atom. The molecule has 2 aliphatic heterocycles. The lowest BCUT2D eigenvalue weighted by Gasteiger charge is -2.38. The molecule has 5 heteroatoms. The molecule has 2 aliphatic rings. The molecule has 3 aromatic carbocycles. The number of likely N-dealkylation sites (tertiary alicyclic amines) is 1. The number of para-hydroxylation sites is 2. The van der Waals surface area contributed by atoms with Gasteiger partial charge in [-0.1, -0.05) is 66.7 Å². The molecule has 1 spiro atoms. The molecule has 0 atom stereocenters. The van der Waals surface area contributed by atoms with Crippen LogP contribution in [0, 0.1) is 5.41 Å². The average Bonchev–Trinajstić information content (AvgIpc) is 3.38. The van der Waals surface area contributed by atoms with Crippen LogP contribution in [0.2, 0.25) is 0 Å². The minimum Gasteiger partial charge on any atom is -0.342 e. The molecule has 0 saturated carbocycles. The molecule has 4 aromatic rings. The minimum atomic E-state index is -0.219. The van der Waals surface area contributed by atoms with Crippen molar-refractivity contribution in [2.45, 2.75) is 25.8 Å². The Morgan fingerprint density at radius 2 is 1.50 bits per heavy atom. The zero-order valence-corrected chi connectivity index (χ0v) is 19.7. The summed E-state index contributed by atoms with van der Waals surface area (Å²) in [7, 11) is 2.08. The van der Waals surface area contributed by atoms with E-state index < -0.39 is 0 Å². The Bertz CT molecular complexity index is 1330. The number of carbonyl (C=O) groups excluding carboxylic acids is 1. The van der Waals surface area contributed by atoms with E-state index in [2.05, 4.69) is 88.1 Å². The van der Waals surface area contributed by atoms with Crippen molar-refractivity contribution in [1.82, 2.24) is 14.5 Å². The van der Waals surface area contributed by atoms with E-state index in [1.165, 1.54) is 16.7 Å². The molecule has 1 amide bonds. The molecule has 0 aliphatic carbocycles. The first-order valence-electron chi connectivity index (χ1n) is 12.2. The number of rotatable bonds is 4. The van der Waals surface area contributed by atoms with Gasteiger partial charge in [-0.2, -0.15) is 0 Å². The van der Waals surface area contributed by atoms with Gasteiger partial charge in [-0.25, -0.2) is 4.98 Å². The van der Waals surface area contributed by atoms with E-state index in [9.17, 15) is 4.79 Å². The normalized spacial score (nSPS) is 17.7. The molecular formula is C29H30N4O. The Hall–Kier alpha value is -3.60. The third-order valence-corrected chi connectivity index (χ3v) is 7.83. The number of fused-ring (bicyclic) bond motifs is 1. The van der Waals surface area contributed by atoms with Gasteiger partial charge in [0, 0.05) is 33.2 Å². The highest BCUT2D eigenvalue weighted by Gasteiger charge is 2.48. The quantitative estimate of drug-likeness (QED) is 0.426. The van der Waals surface area contributed by atoms with Crippen molar-refractivity contribution in [3.05, 3.63) is 84.4 Å². The number of nitrogens with zero attached hydrogens (tertiary/aromatic N) is 4. The molecule has 0 unspecified atom stereocenters. The van der Waals surface area contributed by atoms with Crippen LogP contribution in [0.3, 0.4) is 0 Å². The summed E-state index contributed by atoms with van der Waals surface area (Å²) in [6, 6.07) is 27.2. The Kier molecular flexibility index (Phi) is 5.13. The van der Waals surface area contributed by atoms with Crippen LogP contribution >= 0.6 is 0 Å². The van der Waals surface area contributed by atoms with Crippen LogP contribution in [0.15, 0.2) is 78.9 Å². The highest BCUT2D eigenvalue weighted by Crippen LogP contribution is 2.43. The van der Waals surface area contributed by atoms with E-state index >= 15 is 0 Å². The summed E-state index contributed by atoms with van der Waals surface area (Å²) in [5, 5.41) is 0. The fourth-order valence-electron chi connectivity index (χ4n) is 5.82. The first kappa shape index (κ1) is 21.0. The highest BCUT2D eigenvalue weighted by atomic mass is 16.2. The summed E-state index contributed by atoms with van der Waals surface area (Å²) in [6.07, 6.45) is 2.74. The highest BCUT2D eigenvalue weighted by molar-refractivity contribution is 5.85. The lowest BCUT2D eigenvalue weighted by molar-refractivity contribution is -0.137. The van der Waals surface area contributed by atoms with Crippen molar-refractivity contribution in [2.75, 3.05) is 24.5 Å². The maximum atomic E-state index is 13.7. The number of aryl methyl sites for hydroxylation is 1. The van der Waals surface area contributed by atoms with E-state index in [1.54, 1.807) is 0 Å². The summed E-state index contributed by atoms with van der Waals surface area (Å²) in [6.45, 7) is 3.27. The van der Waals surface area contributed by atoms with Crippen molar-refractivity contribution in [3.8, 4) is 11.1 Å². The molecule has 0 N–H and O–H groups in total. The van der Waals surface area contributed by atoms with Crippen molar-refractivity contribution in [1.29, 1.82) is 0 Å². The van der Waals surface area contributed by atoms with E-state index in [0.717, 1.165) is 55.9 Å². The van der Waals surface area contributed by atoms with Gasteiger partial charge >= 0.3 is 0 Å². The number of carbonyl (C=O) groups is 1. The van der Waals surface area contributed by atoms with Crippen LogP contribution in [0.4, 0.5) is 5.95 Å². The zero-order chi connectivity index (χ0) is 23.1. The van der Waals surface area contributed by atoms with Crippen molar-refractivity contribution in [3.63, 3.8) is 0 Å². The first-order valence-corrected chi connectivity index (χ1v) is 12.2. The zero-order valence-electron chi connectivity index (χ0n) is 19.7. The number of benzene rings is 3. The third kappa shape index (κ3) is 3.47. The second-order valence-corrected chi connectivity index (χ2v) is 9.73. The summed E-state index contributed by atoms with van der Waals surface area (Å²) in [5.74, 6) is 1.34. The SMILES string of the molecule is Cn1c(N2CCC3(CCN(Cc4ccccc4-c4ccccc4)C3=O)CC2)nc2ccccc21. The van der Waals surface area contributed by atoms with Gasteiger partial charge in [0.15, 0.2) is 0 Å². The maximum Gasteiger partial charge on any atom is 0.229 e. The number of imidazole rings is 1. The molecule has 2 fully saturated rings. The molecule has 172 valence electrons. The van der Waals surface area contributed by atoms with Gasteiger partial charge in [0.05, 0.1) is 16.4 Å². The van der Waals surface area contributed by atoms with Crippen molar-refractivity contribution < 1.29 is 4.79 Å². The van der Waals surface area contributed by atoms with E-state index in [4.69, 9.17) is 4.98 Å². The maximum absolute atomic E-state index is 13.7. The second-order valence-electron chi connectivity index (χ2n) is 9.73. The lowest BCUT2D eigenvalue weighted by atomic mass is 9.77. The molecule has 0 radical (unpaired) electrons. The molecule has 1 aromatic heterocycles. The summed E-state index contributed by atoms with van der Waals surface area (Å²) in [4.78, 5) is 23.0. The summed E-state index contributed by atoms with van der Waals surface area (Å²) >= 11 is 0. The van der Waals surface area contributed by atoms with E-state index in [0.29, 0.717) is 12.5 Å². The van der Waals surface area contributed by atoms with Gasteiger partial charge in [-0.15, -0.1) is 0 Å². The van der Waals surface area contributed by atoms with Gasteiger partial charge < -0.3 is 14.4 Å². The fourth-order valence-corrected chi connectivity index (χ4v) is 5.82. The Balaban J connectivity index is 1.18. The predicted molar refractivity (Wildman–Crippen MR) is 137 cm³/mol. The number of hydrogen-bond donors (Lipinski definition) is 0. The largest absolute Gasteiger partial charge is 0.342 e. The average molecular weight is 451 g/mol. The fraction of sp³-hybridized carbons (Fsp3) is 0.310. The smallest absolute Gasteiger partial charge is 0.229 e. The summed E-state index contributed by atoms with van der Waals surface area (Å²) < 4.78 is 2.18. The lowest BCUT2D eigenvalue weighted by Crippen LogP contribution is -2.45. The second kappa shape index (κ2) is 8.32. The number of anilines is 1. The van der Waals surface area contributed by atoms with Crippen LogP contribution in [0.25, 0.3) is 22.2 Å². The first-order chi connectivity index (χ1) is 16.6. The molecule has 34 heavy (non-hydrogen) atoms. The van der Waals surface area contributed by atoms with Crippen LogP contribution in [-0.4, -0.2) is 40.0 Å². The molecule has 2 saturated heterocycles. The standard InChI is InChI=1S/C29H30N4O/c1-31-26-14-8-7-13-25(26)30-28(31)32-18-15-29(16-19-32)17-20-33(27(29)34)21-23-11-5-6-12-24(23)22-9-3-2-4-10-22/h2-14H,15-21H2,1H3. The van der Waals surface area contributed by atoms with Crippen molar-refractivity contribution in [2.24, 2.45) is 12.5 Å². The topological polar surface area (TPSA) is 41.4 Å².